The molecule has 4 heterocycles. The van der Waals surface area contributed by atoms with Crippen LogP contribution in [0.3, 0.4) is 0 Å². The van der Waals surface area contributed by atoms with Crippen LogP contribution >= 0.6 is 0 Å². The van der Waals surface area contributed by atoms with E-state index >= 15 is 0 Å². The maximum atomic E-state index is 12.4. The molecule has 4 fully saturated rings. The number of aliphatic hydroxyl groups is 4. The van der Waals surface area contributed by atoms with Gasteiger partial charge in [-0.05, 0) is 34.1 Å². The van der Waals surface area contributed by atoms with Crippen molar-refractivity contribution in [1.82, 2.24) is 0 Å². The molecule has 4 aliphatic heterocycles. The molecular formula is C45H74O22. The van der Waals surface area contributed by atoms with E-state index in [1.54, 1.807) is 6.92 Å². The topological polar surface area (TPSA) is 286 Å². The van der Waals surface area contributed by atoms with E-state index in [1.165, 1.54) is 59.3 Å². The third kappa shape index (κ3) is 15.9. The first-order chi connectivity index (χ1) is 31.8. The van der Waals surface area contributed by atoms with Gasteiger partial charge in [0.05, 0.1) is 24.4 Å². The molecular weight excluding hydrogens is 892 g/mol. The Balaban J connectivity index is 1.51. The zero-order valence-corrected chi connectivity index (χ0v) is 40.0. The average Bonchev–Trinajstić information content (AvgIpc) is 3.25. The molecule has 0 aromatic carbocycles. The normalized spacial score (nSPS) is 38.9. The van der Waals surface area contributed by atoms with Gasteiger partial charge in [0.1, 0.15) is 42.7 Å². The van der Waals surface area contributed by atoms with Gasteiger partial charge < -0.3 is 82.0 Å². The number of rotatable bonds is 24. The molecule has 20 atom stereocenters. The smallest absolute Gasteiger partial charge is 0.303 e. The molecule has 386 valence electrons. The summed E-state index contributed by atoms with van der Waals surface area (Å²) in [6, 6.07) is 0. The molecule has 0 unspecified atom stereocenters. The summed E-state index contributed by atoms with van der Waals surface area (Å²) in [5.74, 6) is -3.25. The molecule has 0 aromatic rings. The summed E-state index contributed by atoms with van der Waals surface area (Å²) in [7, 11) is 0. The van der Waals surface area contributed by atoms with Crippen LogP contribution < -0.4 is 0 Å². The minimum Gasteiger partial charge on any atom is -0.457 e. The van der Waals surface area contributed by atoms with Gasteiger partial charge in [-0.15, -0.1) is 0 Å². The minimum absolute atomic E-state index is 0.0188. The third-order valence-electron chi connectivity index (χ3n) is 12.1. The van der Waals surface area contributed by atoms with Crippen molar-refractivity contribution >= 4 is 30.3 Å². The van der Waals surface area contributed by atoms with Crippen molar-refractivity contribution < 1.29 is 106 Å². The highest BCUT2D eigenvalue weighted by atomic mass is 16.8. The fourth-order valence-corrected chi connectivity index (χ4v) is 8.77. The largest absolute Gasteiger partial charge is 0.457 e. The van der Waals surface area contributed by atoms with Crippen LogP contribution in [0.4, 0.5) is 0 Å². The lowest BCUT2D eigenvalue weighted by atomic mass is 9.95. The molecule has 0 bridgehead atoms. The van der Waals surface area contributed by atoms with Gasteiger partial charge >= 0.3 is 23.9 Å². The maximum Gasteiger partial charge on any atom is 0.303 e. The van der Waals surface area contributed by atoms with Gasteiger partial charge in [0.25, 0.3) is 6.47 Å². The van der Waals surface area contributed by atoms with E-state index in [9.17, 15) is 44.4 Å². The zero-order chi connectivity index (χ0) is 49.5. The first-order valence-electron chi connectivity index (χ1n) is 23.5. The number of ether oxygens (including phenoxy) is 13. The predicted octanol–water partition coefficient (Wildman–Crippen LogP) is 1.77. The highest BCUT2D eigenvalue weighted by Crippen LogP contribution is 2.37. The van der Waals surface area contributed by atoms with Crippen LogP contribution in [-0.2, 0) is 85.6 Å². The molecule has 0 aromatic heterocycles. The Morgan fingerprint density at radius 2 is 0.836 bits per heavy atom. The van der Waals surface area contributed by atoms with Gasteiger partial charge in [-0.25, -0.2) is 0 Å². The molecule has 4 saturated heterocycles. The van der Waals surface area contributed by atoms with E-state index in [2.05, 4.69) is 6.92 Å². The second-order valence-electron chi connectivity index (χ2n) is 17.6. The van der Waals surface area contributed by atoms with Gasteiger partial charge in [-0.1, -0.05) is 64.7 Å². The highest BCUT2D eigenvalue weighted by molar-refractivity contribution is 5.67. The van der Waals surface area contributed by atoms with Crippen molar-refractivity contribution in [3.63, 3.8) is 0 Å². The predicted molar refractivity (Wildman–Crippen MR) is 227 cm³/mol. The minimum atomic E-state index is -1.85. The molecule has 0 amide bonds. The molecule has 0 spiro atoms. The lowest BCUT2D eigenvalue weighted by Crippen LogP contribution is -2.67. The van der Waals surface area contributed by atoms with E-state index in [-0.39, 0.29) is 6.47 Å². The van der Waals surface area contributed by atoms with Crippen LogP contribution in [-0.4, -0.2) is 180 Å². The Kier molecular flexibility index (Phi) is 23.0. The fourth-order valence-electron chi connectivity index (χ4n) is 8.77. The number of esters is 4. The van der Waals surface area contributed by atoms with Crippen LogP contribution in [0, 0.1) is 0 Å². The summed E-state index contributed by atoms with van der Waals surface area (Å²) in [4.78, 5) is 61.2. The Morgan fingerprint density at radius 3 is 1.37 bits per heavy atom. The quantitative estimate of drug-likeness (QED) is 0.0464. The van der Waals surface area contributed by atoms with E-state index in [0.717, 1.165) is 53.4 Å². The van der Waals surface area contributed by atoms with Crippen LogP contribution in [0.15, 0.2) is 0 Å². The van der Waals surface area contributed by atoms with Crippen molar-refractivity contribution in [3.8, 4) is 0 Å². The molecule has 22 heteroatoms. The number of carbonyl (C=O) groups is 5. The Hall–Kier alpha value is -3.13. The molecule has 22 nitrogen and oxygen atoms in total. The third-order valence-corrected chi connectivity index (χ3v) is 12.1. The standard InChI is InChI=1S/C45H74O22/c1-10-11-12-13-14-15-16-17-18-19-20-55-42-31(52)30(51)34(22(2)57-42)65-43-33(54)38(36(24(4)58-43)62-27(7)48)66-45-41(56-21-46)40(37(25(5)60-45)63-28(8)49)67-44-39(64-29(9)50)32(53)35(23(3)59-44)61-26(6)47/h21-25,30-45,51-54H,10-20H2,1-9H3/t22-,23-,24-,25-,30-,31+,32+,33+,34-,35-,36-,37-,38-,39+,40+,41+,42+,43-,44-,45-/m0/s1. The van der Waals surface area contributed by atoms with Gasteiger partial charge in [-0.2, -0.15) is 0 Å². The van der Waals surface area contributed by atoms with Crippen molar-refractivity contribution in [1.29, 1.82) is 0 Å². The maximum absolute atomic E-state index is 12.4. The summed E-state index contributed by atoms with van der Waals surface area (Å²) in [6.07, 6.45) is -17.7. The SMILES string of the molecule is CCCCCCCCCCCCO[C@@H]1O[C@@H](C)[C@H](O[C@@H]2O[C@@H](C)[C@H](OC(C)=O)[C@@H](O[C@@H]3O[C@@H](C)[C@H](OC(C)=O)[C@@H](O[C@@H]4O[C@@H](C)[C@H](OC(C)=O)[C@@H](O)[C@H]4OC(C)=O)[C@H]3OC=O)[C@H]2O)[C@@H](O)[C@H]1O. The summed E-state index contributed by atoms with van der Waals surface area (Å²) >= 11 is 0. The van der Waals surface area contributed by atoms with E-state index in [4.69, 9.17) is 61.6 Å². The summed E-state index contributed by atoms with van der Waals surface area (Å²) in [6.45, 7) is 12.9. The summed E-state index contributed by atoms with van der Waals surface area (Å²) < 4.78 is 75.7. The monoisotopic (exact) mass is 966 g/mol. The molecule has 67 heavy (non-hydrogen) atoms. The summed E-state index contributed by atoms with van der Waals surface area (Å²) in [5.41, 5.74) is 0. The Labute approximate surface area is 391 Å². The Morgan fingerprint density at radius 1 is 0.433 bits per heavy atom. The number of aliphatic hydroxyl groups excluding tert-OH is 4. The van der Waals surface area contributed by atoms with E-state index in [1.807, 2.05) is 0 Å². The number of unbranched alkanes of at least 4 members (excludes halogenated alkanes) is 9. The van der Waals surface area contributed by atoms with Crippen molar-refractivity contribution in [2.24, 2.45) is 0 Å². The van der Waals surface area contributed by atoms with Crippen molar-refractivity contribution in [3.05, 3.63) is 0 Å². The highest BCUT2D eigenvalue weighted by Gasteiger charge is 2.58. The van der Waals surface area contributed by atoms with Crippen LogP contribution in [0.1, 0.15) is 127 Å². The van der Waals surface area contributed by atoms with Gasteiger partial charge in [-0.3, -0.25) is 24.0 Å². The molecule has 4 rings (SSSR count). The summed E-state index contributed by atoms with van der Waals surface area (Å²) in [5, 5.41) is 45.6. The van der Waals surface area contributed by atoms with Crippen LogP contribution in [0.25, 0.3) is 0 Å². The van der Waals surface area contributed by atoms with Crippen molar-refractivity contribution in [2.45, 2.75) is 249 Å². The fraction of sp³-hybridized carbons (Fsp3) is 0.889. The van der Waals surface area contributed by atoms with E-state index in [0.29, 0.717) is 6.61 Å². The van der Waals surface area contributed by atoms with Gasteiger partial charge in [0, 0.05) is 34.3 Å². The van der Waals surface area contributed by atoms with Crippen LogP contribution in [0.5, 0.6) is 0 Å². The molecule has 0 radical (unpaired) electrons. The molecule has 4 aliphatic rings. The number of hydrogen-bond donors (Lipinski definition) is 4. The molecule has 0 aliphatic carbocycles. The second kappa shape index (κ2) is 27.3. The lowest BCUT2D eigenvalue weighted by Gasteiger charge is -2.50. The van der Waals surface area contributed by atoms with Crippen LogP contribution in [0.2, 0.25) is 0 Å². The first kappa shape index (κ1) is 56.5. The zero-order valence-electron chi connectivity index (χ0n) is 40.0. The van der Waals surface area contributed by atoms with Gasteiger partial charge in [0.2, 0.25) is 0 Å². The van der Waals surface area contributed by atoms with E-state index < -0.39 is 147 Å². The first-order valence-corrected chi connectivity index (χ1v) is 23.5. The second-order valence-corrected chi connectivity index (χ2v) is 17.6. The number of hydrogen-bond acceptors (Lipinski definition) is 22. The molecule has 4 N–H and O–H groups in total. The van der Waals surface area contributed by atoms with Crippen molar-refractivity contribution in [2.75, 3.05) is 6.61 Å². The average molecular weight is 967 g/mol. The lowest BCUT2D eigenvalue weighted by molar-refractivity contribution is -0.384. The van der Waals surface area contributed by atoms with Gasteiger partial charge in [0.15, 0.2) is 55.7 Å². The Bertz CT molecular complexity index is 1550. The number of carbonyl (C=O) groups excluding carboxylic acids is 5. The molecule has 0 saturated carbocycles.